The SMILES string of the molecule is CCOC(=O)N(c1c(C(=O)N(C)OC)oc2c(Br)nc(Cl)cc12)[C@H]1CCOC(CC)C1. The first-order chi connectivity index (χ1) is 14.8. The molecule has 1 saturated heterocycles. The molecule has 0 bridgehead atoms. The number of pyridine rings is 1. The van der Waals surface area contributed by atoms with E-state index in [1.54, 1.807) is 13.0 Å². The molecule has 9 nitrogen and oxygen atoms in total. The van der Waals surface area contributed by atoms with Crippen LogP contribution in [0.25, 0.3) is 11.0 Å². The van der Waals surface area contributed by atoms with Gasteiger partial charge in [-0.25, -0.2) is 14.8 Å². The van der Waals surface area contributed by atoms with E-state index in [1.165, 1.54) is 19.1 Å². The maximum Gasteiger partial charge on any atom is 0.414 e. The van der Waals surface area contributed by atoms with Gasteiger partial charge in [-0.05, 0) is 48.2 Å². The predicted octanol–water partition coefficient (Wildman–Crippen LogP) is 4.80. The van der Waals surface area contributed by atoms with Crippen molar-refractivity contribution in [3.63, 3.8) is 0 Å². The Balaban J connectivity index is 2.25. The van der Waals surface area contributed by atoms with Crippen molar-refractivity contribution in [1.82, 2.24) is 10.0 Å². The van der Waals surface area contributed by atoms with Gasteiger partial charge in [-0.2, -0.15) is 0 Å². The molecule has 2 aromatic rings. The summed E-state index contributed by atoms with van der Waals surface area (Å²) in [6.45, 7) is 4.42. The standard InChI is InChI=1S/C20H25BrClN3O6/c1-5-12-9-11(7-8-30-12)25(20(27)29-6-2)15-13-10-14(22)23-18(21)16(13)31-17(15)19(26)24(3)28-4/h10-12H,5-9H2,1-4H3/t11-,12?/m0/s1. The number of carbonyl (C=O) groups is 2. The van der Waals surface area contributed by atoms with Crippen LogP contribution in [0.5, 0.6) is 0 Å². The number of amides is 2. The van der Waals surface area contributed by atoms with Gasteiger partial charge in [0, 0.05) is 19.7 Å². The van der Waals surface area contributed by atoms with Crippen molar-refractivity contribution in [2.45, 2.75) is 45.3 Å². The molecule has 2 atom stereocenters. The molecule has 3 rings (SSSR count). The number of fused-ring (bicyclic) bond motifs is 1. The van der Waals surface area contributed by atoms with Gasteiger partial charge in [0.05, 0.1) is 25.2 Å². The third-order valence-corrected chi connectivity index (χ3v) is 5.93. The molecule has 2 amide bonds. The van der Waals surface area contributed by atoms with Crippen LogP contribution in [0.2, 0.25) is 5.15 Å². The molecule has 11 heteroatoms. The van der Waals surface area contributed by atoms with Crippen LogP contribution in [-0.2, 0) is 14.3 Å². The number of nitrogens with zero attached hydrogens (tertiary/aromatic N) is 3. The number of carbonyl (C=O) groups excluding carboxylic acids is 2. The van der Waals surface area contributed by atoms with Crippen molar-refractivity contribution in [1.29, 1.82) is 0 Å². The molecule has 0 radical (unpaired) electrons. The fourth-order valence-corrected chi connectivity index (χ4v) is 4.40. The molecule has 0 N–H and O–H groups in total. The molecule has 2 aromatic heterocycles. The summed E-state index contributed by atoms with van der Waals surface area (Å²) in [5.74, 6) is -0.637. The van der Waals surface area contributed by atoms with Crippen molar-refractivity contribution in [3.8, 4) is 0 Å². The van der Waals surface area contributed by atoms with Crippen molar-refractivity contribution in [2.75, 3.05) is 32.3 Å². The Kier molecular flexibility index (Phi) is 7.79. The molecule has 1 fully saturated rings. The van der Waals surface area contributed by atoms with Gasteiger partial charge in [0.2, 0.25) is 5.76 Å². The summed E-state index contributed by atoms with van der Waals surface area (Å²) in [4.78, 5) is 36.9. The van der Waals surface area contributed by atoms with Crippen LogP contribution in [0, 0.1) is 0 Å². The highest BCUT2D eigenvalue weighted by molar-refractivity contribution is 9.10. The Labute approximate surface area is 193 Å². The highest BCUT2D eigenvalue weighted by Gasteiger charge is 2.38. The molecule has 3 heterocycles. The summed E-state index contributed by atoms with van der Waals surface area (Å²) in [6, 6.07) is 1.30. The molecular formula is C20H25BrClN3O6. The Morgan fingerprint density at radius 3 is 2.77 bits per heavy atom. The van der Waals surface area contributed by atoms with E-state index in [2.05, 4.69) is 20.9 Å². The lowest BCUT2D eigenvalue weighted by molar-refractivity contribution is -0.0772. The van der Waals surface area contributed by atoms with E-state index in [0.29, 0.717) is 35.0 Å². The summed E-state index contributed by atoms with van der Waals surface area (Å²) >= 11 is 9.53. The number of halogens is 2. The molecule has 1 aliphatic rings. The minimum Gasteiger partial charge on any atom is -0.449 e. The number of aromatic nitrogens is 1. The molecule has 0 spiro atoms. The lowest BCUT2D eigenvalue weighted by atomic mass is 9.99. The van der Waals surface area contributed by atoms with Gasteiger partial charge in [-0.1, -0.05) is 18.5 Å². The highest BCUT2D eigenvalue weighted by atomic mass is 79.9. The molecule has 31 heavy (non-hydrogen) atoms. The molecular weight excluding hydrogens is 494 g/mol. The zero-order chi connectivity index (χ0) is 22.7. The van der Waals surface area contributed by atoms with Gasteiger partial charge >= 0.3 is 12.0 Å². The Morgan fingerprint density at radius 2 is 2.13 bits per heavy atom. The van der Waals surface area contributed by atoms with Gasteiger partial charge in [0.1, 0.15) is 10.8 Å². The van der Waals surface area contributed by atoms with Crippen molar-refractivity contribution >= 4 is 56.2 Å². The van der Waals surface area contributed by atoms with Crippen LogP contribution in [0.3, 0.4) is 0 Å². The molecule has 0 aromatic carbocycles. The van der Waals surface area contributed by atoms with Crippen LogP contribution < -0.4 is 4.90 Å². The normalized spacial score (nSPS) is 18.8. The number of ether oxygens (including phenoxy) is 2. The topological polar surface area (TPSA) is 94.3 Å². The van der Waals surface area contributed by atoms with Crippen LogP contribution in [-0.4, -0.2) is 61.6 Å². The summed E-state index contributed by atoms with van der Waals surface area (Å²) in [5, 5.41) is 1.67. The van der Waals surface area contributed by atoms with Crippen molar-refractivity contribution < 1.29 is 28.3 Å². The molecule has 0 saturated carbocycles. The number of hydrogen-bond donors (Lipinski definition) is 0. The monoisotopic (exact) mass is 517 g/mol. The lowest BCUT2D eigenvalue weighted by Gasteiger charge is -2.36. The van der Waals surface area contributed by atoms with Gasteiger partial charge in [-0.15, -0.1) is 0 Å². The minimum atomic E-state index is -0.579. The van der Waals surface area contributed by atoms with Crippen LogP contribution in [0.1, 0.15) is 43.7 Å². The number of rotatable bonds is 6. The fraction of sp³-hybridized carbons (Fsp3) is 0.550. The second-order valence-corrected chi connectivity index (χ2v) is 8.16. The average molecular weight is 519 g/mol. The van der Waals surface area contributed by atoms with E-state index in [-0.39, 0.29) is 35.4 Å². The van der Waals surface area contributed by atoms with E-state index in [1.807, 2.05) is 6.92 Å². The number of anilines is 1. The zero-order valence-electron chi connectivity index (χ0n) is 17.8. The van der Waals surface area contributed by atoms with E-state index in [0.717, 1.165) is 11.5 Å². The minimum absolute atomic E-state index is 0.00775. The predicted molar refractivity (Wildman–Crippen MR) is 118 cm³/mol. The summed E-state index contributed by atoms with van der Waals surface area (Å²) < 4.78 is 17.4. The number of furan rings is 1. The van der Waals surface area contributed by atoms with Crippen LogP contribution in [0.15, 0.2) is 15.1 Å². The van der Waals surface area contributed by atoms with Gasteiger partial charge in [-0.3, -0.25) is 14.5 Å². The first-order valence-corrected chi connectivity index (χ1v) is 11.2. The molecule has 170 valence electrons. The van der Waals surface area contributed by atoms with Crippen LogP contribution >= 0.6 is 27.5 Å². The lowest BCUT2D eigenvalue weighted by Crippen LogP contribution is -2.46. The Morgan fingerprint density at radius 1 is 1.39 bits per heavy atom. The average Bonchev–Trinajstić information content (AvgIpc) is 3.12. The van der Waals surface area contributed by atoms with E-state index < -0.39 is 12.0 Å². The van der Waals surface area contributed by atoms with E-state index in [9.17, 15) is 9.59 Å². The second-order valence-electron chi connectivity index (χ2n) is 7.03. The highest BCUT2D eigenvalue weighted by Crippen LogP contribution is 2.41. The van der Waals surface area contributed by atoms with Gasteiger partial charge < -0.3 is 13.9 Å². The maximum atomic E-state index is 13.2. The molecule has 1 aliphatic heterocycles. The third kappa shape index (κ3) is 4.82. The van der Waals surface area contributed by atoms with E-state index in [4.69, 9.17) is 30.3 Å². The summed E-state index contributed by atoms with van der Waals surface area (Å²) in [7, 11) is 2.82. The number of hydrogen-bond acceptors (Lipinski definition) is 7. The Bertz CT molecular complexity index is 968. The largest absolute Gasteiger partial charge is 0.449 e. The van der Waals surface area contributed by atoms with Gasteiger partial charge in [0.15, 0.2) is 10.2 Å². The zero-order valence-corrected chi connectivity index (χ0v) is 20.2. The first kappa shape index (κ1) is 23.8. The fourth-order valence-electron chi connectivity index (χ4n) is 3.62. The van der Waals surface area contributed by atoms with Crippen LogP contribution in [0.4, 0.5) is 10.5 Å². The molecule has 0 aliphatic carbocycles. The molecule has 1 unspecified atom stereocenters. The van der Waals surface area contributed by atoms with Gasteiger partial charge in [0.25, 0.3) is 0 Å². The Hall–Kier alpha value is -1.88. The van der Waals surface area contributed by atoms with Crippen molar-refractivity contribution in [2.24, 2.45) is 0 Å². The number of hydroxylamine groups is 2. The van der Waals surface area contributed by atoms with Crippen molar-refractivity contribution in [3.05, 3.63) is 21.6 Å². The summed E-state index contributed by atoms with van der Waals surface area (Å²) in [5.41, 5.74) is 0.565. The smallest absolute Gasteiger partial charge is 0.414 e. The first-order valence-electron chi connectivity index (χ1n) is 10.0. The second kappa shape index (κ2) is 10.2. The maximum absolute atomic E-state index is 13.2. The summed E-state index contributed by atoms with van der Waals surface area (Å²) in [6.07, 6.45) is 1.39. The quantitative estimate of drug-likeness (QED) is 0.400. The van der Waals surface area contributed by atoms with E-state index >= 15 is 0 Å². The third-order valence-electron chi connectivity index (χ3n) is 5.19.